The first-order valence-electron chi connectivity index (χ1n) is 6.51. The predicted molar refractivity (Wildman–Crippen MR) is 83.1 cm³/mol. The van der Waals surface area contributed by atoms with E-state index in [1.165, 1.54) is 17.0 Å². The van der Waals surface area contributed by atoms with Crippen LogP contribution in [0.25, 0.3) is 0 Å². The Kier molecular flexibility index (Phi) is 7.26. The smallest absolute Gasteiger partial charge is 0.288 e. The van der Waals surface area contributed by atoms with Gasteiger partial charge in [0.2, 0.25) is 11.8 Å². The molecule has 1 aromatic rings. The molecule has 0 atom stereocenters. The highest BCUT2D eigenvalue weighted by molar-refractivity contribution is 7.99. The summed E-state index contributed by atoms with van der Waals surface area (Å²) in [5, 5.41) is 2.65. The minimum absolute atomic E-state index is 0.0626. The topological polar surface area (TPSA) is 52.7 Å². The van der Waals surface area contributed by atoms with E-state index < -0.39 is 5.76 Å². The van der Waals surface area contributed by atoms with Crippen LogP contribution < -0.4 is 5.32 Å². The van der Waals surface area contributed by atoms with Gasteiger partial charge in [0.05, 0.1) is 13.1 Å². The lowest BCUT2D eigenvalue weighted by atomic mass is 10.3. The third kappa shape index (κ3) is 6.86. The van der Waals surface area contributed by atoms with Crippen LogP contribution in [0.2, 0.25) is 0 Å². The van der Waals surface area contributed by atoms with Crippen molar-refractivity contribution in [2.75, 3.05) is 39.5 Å². The standard InChI is InChI=1S/C14H19F2N3O2S/c1-18(2)13(21)9-19(3)8-12(20)17-10-4-6-11(7-5-10)22-14(15)16/h4-7,14H,8-9H2,1-3H3,(H,17,20). The number of hydrogen-bond donors (Lipinski definition) is 1. The number of nitrogens with one attached hydrogen (secondary N) is 1. The fourth-order valence-corrected chi connectivity index (χ4v) is 2.09. The molecule has 8 heteroatoms. The number of amides is 2. The lowest BCUT2D eigenvalue weighted by Crippen LogP contribution is -2.38. The quantitative estimate of drug-likeness (QED) is 0.776. The van der Waals surface area contributed by atoms with E-state index in [0.717, 1.165) is 0 Å². The molecule has 0 unspecified atom stereocenters. The van der Waals surface area contributed by atoms with Gasteiger partial charge in [0, 0.05) is 24.7 Å². The van der Waals surface area contributed by atoms with Gasteiger partial charge < -0.3 is 10.2 Å². The normalized spacial score (nSPS) is 10.9. The van der Waals surface area contributed by atoms with Crippen molar-refractivity contribution in [3.8, 4) is 0 Å². The zero-order chi connectivity index (χ0) is 16.7. The lowest BCUT2D eigenvalue weighted by molar-refractivity contribution is -0.130. The van der Waals surface area contributed by atoms with Crippen molar-refractivity contribution in [3.63, 3.8) is 0 Å². The Morgan fingerprint density at radius 2 is 1.73 bits per heavy atom. The number of likely N-dealkylation sites (N-methyl/N-ethyl adjacent to an activating group) is 2. The molecule has 122 valence electrons. The minimum Gasteiger partial charge on any atom is -0.348 e. The Hall–Kier alpha value is -1.67. The molecule has 0 aliphatic rings. The molecule has 1 rings (SSSR count). The van der Waals surface area contributed by atoms with Gasteiger partial charge in [0.1, 0.15) is 0 Å². The van der Waals surface area contributed by atoms with Crippen LogP contribution in [0, 0.1) is 0 Å². The summed E-state index contributed by atoms with van der Waals surface area (Å²) in [6.45, 7) is 0.206. The Bertz CT molecular complexity index is 509. The van der Waals surface area contributed by atoms with Crippen molar-refractivity contribution in [3.05, 3.63) is 24.3 Å². The second kappa shape index (κ2) is 8.70. The van der Waals surface area contributed by atoms with Gasteiger partial charge >= 0.3 is 0 Å². The van der Waals surface area contributed by atoms with Gasteiger partial charge in [-0.2, -0.15) is 8.78 Å². The average molecular weight is 331 g/mol. The van der Waals surface area contributed by atoms with Crippen LogP contribution >= 0.6 is 11.8 Å². The summed E-state index contributed by atoms with van der Waals surface area (Å²) in [4.78, 5) is 26.8. The molecule has 0 saturated carbocycles. The van der Waals surface area contributed by atoms with Gasteiger partial charge in [-0.3, -0.25) is 14.5 Å². The molecule has 0 aliphatic carbocycles. The molecule has 1 aromatic carbocycles. The number of hydrogen-bond acceptors (Lipinski definition) is 4. The molecule has 0 spiro atoms. The lowest BCUT2D eigenvalue weighted by Gasteiger charge is -2.18. The maximum absolute atomic E-state index is 12.2. The number of halogens is 2. The van der Waals surface area contributed by atoms with Crippen LogP contribution in [-0.4, -0.2) is 61.6 Å². The Balaban J connectivity index is 2.46. The molecule has 22 heavy (non-hydrogen) atoms. The Morgan fingerprint density at radius 3 is 2.23 bits per heavy atom. The monoisotopic (exact) mass is 331 g/mol. The molecule has 0 aromatic heterocycles. The zero-order valence-corrected chi connectivity index (χ0v) is 13.5. The van der Waals surface area contributed by atoms with Gasteiger partial charge in [-0.15, -0.1) is 0 Å². The number of carbonyl (C=O) groups is 2. The number of thioether (sulfide) groups is 1. The van der Waals surface area contributed by atoms with Crippen LogP contribution in [0.15, 0.2) is 29.2 Å². The van der Waals surface area contributed by atoms with Crippen LogP contribution in [0.3, 0.4) is 0 Å². The fourth-order valence-electron chi connectivity index (χ4n) is 1.59. The molecule has 5 nitrogen and oxygen atoms in total. The second-order valence-corrected chi connectivity index (χ2v) is 5.97. The third-order valence-corrected chi connectivity index (χ3v) is 3.40. The van der Waals surface area contributed by atoms with E-state index >= 15 is 0 Å². The zero-order valence-electron chi connectivity index (χ0n) is 12.7. The van der Waals surface area contributed by atoms with Gasteiger partial charge in [0.25, 0.3) is 5.76 Å². The molecule has 2 amide bonds. The molecule has 0 bridgehead atoms. The Labute approximate surface area is 132 Å². The molecular formula is C14H19F2N3O2S. The van der Waals surface area contributed by atoms with E-state index in [2.05, 4.69) is 5.32 Å². The molecular weight excluding hydrogens is 312 g/mol. The van der Waals surface area contributed by atoms with Crippen molar-refractivity contribution in [1.29, 1.82) is 0 Å². The van der Waals surface area contributed by atoms with Crippen molar-refractivity contribution in [2.45, 2.75) is 10.7 Å². The van der Waals surface area contributed by atoms with Gasteiger partial charge in [-0.1, -0.05) is 11.8 Å². The van der Waals surface area contributed by atoms with Crippen molar-refractivity contribution in [2.24, 2.45) is 0 Å². The molecule has 0 heterocycles. The van der Waals surface area contributed by atoms with Crippen LogP contribution in [0.5, 0.6) is 0 Å². The second-order valence-electron chi connectivity index (χ2n) is 4.91. The SMILES string of the molecule is CN(CC(=O)Nc1ccc(SC(F)F)cc1)CC(=O)N(C)C. The van der Waals surface area contributed by atoms with Gasteiger partial charge in [0.15, 0.2) is 0 Å². The van der Waals surface area contributed by atoms with E-state index in [1.54, 1.807) is 38.2 Å². The summed E-state index contributed by atoms with van der Waals surface area (Å²) in [6, 6.07) is 6.17. The first-order valence-corrected chi connectivity index (χ1v) is 7.39. The molecule has 0 radical (unpaired) electrons. The molecule has 0 fully saturated rings. The van der Waals surface area contributed by atoms with Crippen LogP contribution in [0.1, 0.15) is 0 Å². The fraction of sp³-hybridized carbons (Fsp3) is 0.429. The number of nitrogens with zero attached hydrogens (tertiary/aromatic N) is 2. The maximum Gasteiger partial charge on any atom is 0.288 e. The summed E-state index contributed by atoms with van der Waals surface area (Å²) in [6.07, 6.45) is 0. The van der Waals surface area contributed by atoms with Gasteiger partial charge in [-0.25, -0.2) is 0 Å². The van der Waals surface area contributed by atoms with Crippen molar-refractivity contribution >= 4 is 29.3 Å². The first kappa shape index (κ1) is 18.4. The van der Waals surface area contributed by atoms with Gasteiger partial charge in [-0.05, 0) is 31.3 Å². The van der Waals surface area contributed by atoms with E-state index in [9.17, 15) is 18.4 Å². The van der Waals surface area contributed by atoms with Crippen LogP contribution in [-0.2, 0) is 9.59 Å². The average Bonchev–Trinajstić information content (AvgIpc) is 2.39. The highest BCUT2D eigenvalue weighted by atomic mass is 32.2. The highest BCUT2D eigenvalue weighted by Gasteiger charge is 2.12. The van der Waals surface area contributed by atoms with E-state index in [-0.39, 0.29) is 24.9 Å². The first-order chi connectivity index (χ1) is 10.3. The van der Waals surface area contributed by atoms with E-state index in [4.69, 9.17) is 0 Å². The summed E-state index contributed by atoms with van der Waals surface area (Å²) in [7, 11) is 4.97. The largest absolute Gasteiger partial charge is 0.348 e. The number of alkyl halides is 2. The number of benzene rings is 1. The highest BCUT2D eigenvalue weighted by Crippen LogP contribution is 2.26. The Morgan fingerprint density at radius 1 is 1.14 bits per heavy atom. The summed E-state index contributed by atoms with van der Waals surface area (Å²) < 4.78 is 24.4. The third-order valence-electron chi connectivity index (χ3n) is 2.68. The van der Waals surface area contributed by atoms with Crippen molar-refractivity contribution in [1.82, 2.24) is 9.80 Å². The number of rotatable bonds is 7. The predicted octanol–water partition coefficient (Wildman–Crippen LogP) is 1.96. The minimum atomic E-state index is -2.47. The summed E-state index contributed by atoms with van der Waals surface area (Å²) in [5.74, 6) is -2.84. The summed E-state index contributed by atoms with van der Waals surface area (Å²) >= 11 is 0.450. The number of anilines is 1. The van der Waals surface area contributed by atoms with E-state index in [0.29, 0.717) is 22.3 Å². The number of carbonyl (C=O) groups excluding carboxylic acids is 2. The van der Waals surface area contributed by atoms with E-state index in [1.807, 2.05) is 0 Å². The van der Waals surface area contributed by atoms with Crippen molar-refractivity contribution < 1.29 is 18.4 Å². The molecule has 1 N–H and O–H groups in total. The molecule has 0 saturated heterocycles. The van der Waals surface area contributed by atoms with Crippen LogP contribution in [0.4, 0.5) is 14.5 Å². The molecule has 0 aliphatic heterocycles. The maximum atomic E-state index is 12.2. The summed E-state index contributed by atoms with van der Waals surface area (Å²) in [5.41, 5.74) is 0.524.